The Labute approximate surface area is 101 Å². The Hall–Kier alpha value is -0.0400. The van der Waals surface area contributed by atoms with E-state index in [0.29, 0.717) is 5.41 Å². The van der Waals surface area contributed by atoms with Gasteiger partial charge in [-0.3, -0.25) is 0 Å². The molecule has 2 saturated carbocycles. The Morgan fingerprint density at radius 2 is 2.00 bits per heavy atom. The molecule has 0 aliphatic heterocycles. The van der Waals surface area contributed by atoms with Crippen molar-refractivity contribution in [2.24, 2.45) is 23.2 Å². The van der Waals surface area contributed by atoms with Gasteiger partial charge in [0.1, 0.15) is 0 Å². The molecule has 0 heterocycles. The second-order valence-corrected chi connectivity index (χ2v) is 6.79. The van der Waals surface area contributed by atoms with Gasteiger partial charge in [-0.05, 0) is 55.4 Å². The zero-order valence-corrected chi connectivity index (χ0v) is 11.4. The molecule has 0 aromatic carbocycles. The molecule has 0 spiro atoms. The van der Waals surface area contributed by atoms with Gasteiger partial charge < -0.3 is 5.32 Å². The summed E-state index contributed by atoms with van der Waals surface area (Å²) in [6.45, 7) is 9.74. The lowest BCUT2D eigenvalue weighted by atomic mass is 9.82. The largest absolute Gasteiger partial charge is 0.316 e. The van der Waals surface area contributed by atoms with Crippen molar-refractivity contribution >= 4 is 0 Å². The molecule has 0 radical (unpaired) electrons. The number of nitrogens with one attached hydrogen (secondary N) is 1. The van der Waals surface area contributed by atoms with E-state index in [0.717, 1.165) is 17.8 Å². The zero-order valence-electron chi connectivity index (χ0n) is 11.4. The van der Waals surface area contributed by atoms with Crippen molar-refractivity contribution in [2.75, 3.05) is 13.1 Å². The highest BCUT2D eigenvalue weighted by Crippen LogP contribution is 2.51. The third-order valence-electron chi connectivity index (χ3n) is 5.07. The molecule has 16 heavy (non-hydrogen) atoms. The van der Waals surface area contributed by atoms with Crippen LogP contribution in [0.1, 0.15) is 59.3 Å². The summed E-state index contributed by atoms with van der Waals surface area (Å²) in [4.78, 5) is 0. The lowest BCUT2D eigenvalue weighted by Gasteiger charge is -2.28. The van der Waals surface area contributed by atoms with E-state index in [1.807, 2.05) is 0 Å². The molecule has 0 aromatic rings. The first-order valence-electron chi connectivity index (χ1n) is 7.33. The van der Waals surface area contributed by atoms with Gasteiger partial charge in [0, 0.05) is 6.54 Å². The highest BCUT2D eigenvalue weighted by atomic mass is 14.9. The molecule has 94 valence electrons. The maximum atomic E-state index is 3.76. The van der Waals surface area contributed by atoms with Crippen molar-refractivity contribution in [1.82, 2.24) is 5.32 Å². The van der Waals surface area contributed by atoms with Gasteiger partial charge in [-0.25, -0.2) is 0 Å². The van der Waals surface area contributed by atoms with Crippen LogP contribution < -0.4 is 5.32 Å². The molecule has 2 fully saturated rings. The van der Waals surface area contributed by atoms with Crippen LogP contribution in [0.4, 0.5) is 0 Å². The van der Waals surface area contributed by atoms with Crippen molar-refractivity contribution in [3.05, 3.63) is 0 Å². The molecule has 0 aromatic heterocycles. The molecule has 0 bridgehead atoms. The summed E-state index contributed by atoms with van der Waals surface area (Å²) in [7, 11) is 0. The fourth-order valence-corrected chi connectivity index (χ4v) is 3.39. The Bertz CT molecular complexity index is 217. The van der Waals surface area contributed by atoms with Crippen LogP contribution in [-0.4, -0.2) is 13.1 Å². The van der Waals surface area contributed by atoms with Gasteiger partial charge in [0.25, 0.3) is 0 Å². The van der Waals surface area contributed by atoms with E-state index in [-0.39, 0.29) is 0 Å². The van der Waals surface area contributed by atoms with Gasteiger partial charge >= 0.3 is 0 Å². The molecule has 2 atom stereocenters. The van der Waals surface area contributed by atoms with E-state index in [1.54, 1.807) is 0 Å². The van der Waals surface area contributed by atoms with Gasteiger partial charge in [-0.15, -0.1) is 0 Å². The highest BCUT2D eigenvalue weighted by Gasteiger charge is 2.44. The predicted molar refractivity (Wildman–Crippen MR) is 70.5 cm³/mol. The molecule has 2 rings (SSSR count). The van der Waals surface area contributed by atoms with Crippen LogP contribution in [0.25, 0.3) is 0 Å². The van der Waals surface area contributed by atoms with E-state index in [4.69, 9.17) is 0 Å². The standard InChI is InChI=1S/C15H29N/c1-12(2)15(7-8-15)11-16-10-14-6-4-5-13(3)9-14/h12-14,16H,4-11H2,1-3H3. The summed E-state index contributed by atoms with van der Waals surface area (Å²) >= 11 is 0. The topological polar surface area (TPSA) is 12.0 Å². The van der Waals surface area contributed by atoms with Gasteiger partial charge in [-0.1, -0.05) is 33.6 Å². The number of hydrogen-bond donors (Lipinski definition) is 1. The van der Waals surface area contributed by atoms with E-state index >= 15 is 0 Å². The van der Waals surface area contributed by atoms with Crippen molar-refractivity contribution in [3.63, 3.8) is 0 Å². The highest BCUT2D eigenvalue weighted by molar-refractivity contribution is 4.97. The summed E-state index contributed by atoms with van der Waals surface area (Å²) in [6, 6.07) is 0. The fraction of sp³-hybridized carbons (Fsp3) is 1.00. The van der Waals surface area contributed by atoms with Crippen molar-refractivity contribution in [2.45, 2.75) is 59.3 Å². The Morgan fingerprint density at radius 1 is 1.25 bits per heavy atom. The first-order valence-corrected chi connectivity index (χ1v) is 7.33. The molecular formula is C15H29N. The van der Waals surface area contributed by atoms with Gasteiger partial charge in [0.2, 0.25) is 0 Å². The number of rotatable bonds is 5. The van der Waals surface area contributed by atoms with Gasteiger partial charge in [0.05, 0.1) is 0 Å². The summed E-state index contributed by atoms with van der Waals surface area (Å²) in [5, 5.41) is 3.76. The third-order valence-corrected chi connectivity index (χ3v) is 5.07. The Balaban J connectivity index is 1.64. The SMILES string of the molecule is CC1CCCC(CNCC2(C(C)C)CC2)C1. The number of hydrogen-bond acceptors (Lipinski definition) is 1. The minimum atomic E-state index is 0.681. The monoisotopic (exact) mass is 223 g/mol. The smallest absolute Gasteiger partial charge is 0.00104 e. The molecule has 2 unspecified atom stereocenters. The summed E-state index contributed by atoms with van der Waals surface area (Å²) in [5.74, 6) is 2.80. The van der Waals surface area contributed by atoms with Crippen LogP contribution in [0.5, 0.6) is 0 Å². The molecule has 0 amide bonds. The quantitative estimate of drug-likeness (QED) is 0.747. The zero-order chi connectivity index (χ0) is 11.6. The third kappa shape index (κ3) is 3.00. The van der Waals surface area contributed by atoms with Gasteiger partial charge in [0.15, 0.2) is 0 Å². The summed E-state index contributed by atoms with van der Waals surface area (Å²) in [5.41, 5.74) is 0.681. The Kier molecular flexibility index (Phi) is 3.94. The summed E-state index contributed by atoms with van der Waals surface area (Å²) in [6.07, 6.45) is 8.76. The lowest BCUT2D eigenvalue weighted by molar-refractivity contribution is 0.259. The van der Waals surface area contributed by atoms with E-state index in [2.05, 4.69) is 26.1 Å². The van der Waals surface area contributed by atoms with Crippen LogP contribution in [0.3, 0.4) is 0 Å². The lowest BCUT2D eigenvalue weighted by Crippen LogP contribution is -2.33. The average molecular weight is 223 g/mol. The normalized spacial score (nSPS) is 33.0. The molecule has 2 aliphatic rings. The minimum Gasteiger partial charge on any atom is -0.316 e. The van der Waals surface area contributed by atoms with Crippen LogP contribution >= 0.6 is 0 Å². The van der Waals surface area contributed by atoms with E-state index in [9.17, 15) is 0 Å². The predicted octanol–water partition coefficient (Wildman–Crippen LogP) is 3.84. The molecule has 0 saturated heterocycles. The van der Waals surface area contributed by atoms with Crippen molar-refractivity contribution < 1.29 is 0 Å². The second-order valence-electron chi connectivity index (χ2n) is 6.79. The second kappa shape index (κ2) is 5.08. The molecule has 2 aliphatic carbocycles. The summed E-state index contributed by atoms with van der Waals surface area (Å²) < 4.78 is 0. The maximum Gasteiger partial charge on any atom is 0.00104 e. The first-order chi connectivity index (χ1) is 7.62. The fourth-order valence-electron chi connectivity index (χ4n) is 3.39. The first kappa shape index (κ1) is 12.4. The van der Waals surface area contributed by atoms with Crippen LogP contribution in [-0.2, 0) is 0 Å². The maximum absolute atomic E-state index is 3.76. The Morgan fingerprint density at radius 3 is 2.56 bits per heavy atom. The average Bonchev–Trinajstić information content (AvgIpc) is 2.99. The van der Waals surface area contributed by atoms with E-state index in [1.165, 1.54) is 51.6 Å². The minimum absolute atomic E-state index is 0.681. The van der Waals surface area contributed by atoms with Gasteiger partial charge in [-0.2, -0.15) is 0 Å². The van der Waals surface area contributed by atoms with Crippen molar-refractivity contribution in [1.29, 1.82) is 0 Å². The van der Waals surface area contributed by atoms with Crippen LogP contribution in [0, 0.1) is 23.2 Å². The van der Waals surface area contributed by atoms with Crippen LogP contribution in [0.2, 0.25) is 0 Å². The molecule has 1 heteroatoms. The molecule has 1 nitrogen and oxygen atoms in total. The van der Waals surface area contributed by atoms with Crippen molar-refractivity contribution in [3.8, 4) is 0 Å². The molecule has 1 N–H and O–H groups in total. The molecular weight excluding hydrogens is 194 g/mol. The van der Waals surface area contributed by atoms with Crippen LogP contribution in [0.15, 0.2) is 0 Å². The van der Waals surface area contributed by atoms with E-state index < -0.39 is 0 Å².